The van der Waals surface area contributed by atoms with Crippen molar-refractivity contribution in [3.8, 4) is 0 Å². The van der Waals surface area contributed by atoms with Gasteiger partial charge in [-0.1, -0.05) is 96.8 Å². The van der Waals surface area contributed by atoms with Crippen molar-refractivity contribution in [1.29, 1.82) is 0 Å². The largest absolute Gasteiger partial charge is 0.481 e. The van der Waals surface area contributed by atoms with Crippen LogP contribution in [0.5, 0.6) is 0 Å². The number of carboxylic acids is 1. The molecular formula is C47H84N6O11. The lowest BCUT2D eigenvalue weighted by molar-refractivity contribution is -0.139. The predicted molar refractivity (Wildman–Crippen MR) is 246 cm³/mol. The summed E-state index contributed by atoms with van der Waals surface area (Å²) in [6, 6.07) is -1.51. The molecule has 17 heteroatoms. The summed E-state index contributed by atoms with van der Waals surface area (Å²) in [6.07, 6.45) is 25.9. The number of nitrogens with zero attached hydrogens (tertiary/aromatic N) is 1. The summed E-state index contributed by atoms with van der Waals surface area (Å²) in [5.74, 6) is -1.94. The summed E-state index contributed by atoms with van der Waals surface area (Å²) < 4.78 is 21.7. The number of ketones is 3. The number of hydrogen-bond acceptors (Lipinski definition) is 13. The van der Waals surface area contributed by atoms with Crippen molar-refractivity contribution in [2.45, 2.75) is 173 Å². The number of Topliss-reactive ketones (excluding diaryl/α,β-unsaturated/α-hetero) is 3. The Morgan fingerprint density at radius 1 is 0.625 bits per heavy atom. The third-order valence-corrected chi connectivity index (χ3v) is 10.7. The average molecular weight is 909 g/mol. The van der Waals surface area contributed by atoms with Gasteiger partial charge in [0.05, 0.1) is 64.4 Å². The van der Waals surface area contributed by atoms with Gasteiger partial charge in [-0.3, -0.25) is 28.8 Å². The standard InChI is InChI=1S/C47H84N6O11/c1-2-3-4-5-6-7-8-9-10-11-12-13-14-15-16-20-40(54)21-19-27-61-29-31-63-37-46(58)51-26-28-62-30-32-64-36-45(57)50-25-18-17-22-42(43(55)23-24-47(59)60)52-35-44(56)41(48)33-39-34-49-38-53-39/h34,38,41-42,52H,2-33,35-37,48H2,1H3,(H,49,53)(H,50,57)(H,51,58)(H,59,60)/t41-,42-/m0/s1. The van der Waals surface area contributed by atoms with E-state index in [-0.39, 0.29) is 88.8 Å². The first-order chi connectivity index (χ1) is 31.1. The van der Waals surface area contributed by atoms with Crippen LogP contribution in [0.4, 0.5) is 0 Å². The van der Waals surface area contributed by atoms with Gasteiger partial charge in [0.1, 0.15) is 24.8 Å². The van der Waals surface area contributed by atoms with E-state index in [1.54, 1.807) is 6.20 Å². The fourth-order valence-electron chi connectivity index (χ4n) is 6.91. The molecule has 7 N–H and O–H groups in total. The van der Waals surface area contributed by atoms with E-state index in [1.165, 1.54) is 89.8 Å². The number of H-pyrrole nitrogens is 1. The zero-order valence-electron chi connectivity index (χ0n) is 39.1. The van der Waals surface area contributed by atoms with Gasteiger partial charge in [-0.05, 0) is 32.1 Å². The van der Waals surface area contributed by atoms with E-state index >= 15 is 0 Å². The highest BCUT2D eigenvalue weighted by molar-refractivity contribution is 5.89. The quantitative estimate of drug-likeness (QED) is 0.0453. The van der Waals surface area contributed by atoms with Crippen molar-refractivity contribution < 1.29 is 52.8 Å². The normalized spacial score (nSPS) is 12.2. The molecule has 0 saturated heterocycles. The number of nitrogens with one attached hydrogen (secondary N) is 4. The highest BCUT2D eigenvalue weighted by atomic mass is 16.5. The van der Waals surface area contributed by atoms with Gasteiger partial charge in [0.25, 0.3) is 0 Å². The molecule has 0 aliphatic carbocycles. The predicted octanol–water partition coefficient (Wildman–Crippen LogP) is 5.32. The number of aromatic nitrogens is 2. The molecule has 0 saturated carbocycles. The summed E-state index contributed by atoms with van der Waals surface area (Å²) >= 11 is 0. The fourth-order valence-corrected chi connectivity index (χ4v) is 6.91. The van der Waals surface area contributed by atoms with Crippen molar-refractivity contribution in [2.75, 3.05) is 72.5 Å². The second-order valence-corrected chi connectivity index (χ2v) is 16.5. The summed E-state index contributed by atoms with van der Waals surface area (Å²) in [5.41, 5.74) is 6.71. The zero-order valence-corrected chi connectivity index (χ0v) is 39.1. The lowest BCUT2D eigenvalue weighted by Gasteiger charge is -2.18. The van der Waals surface area contributed by atoms with Gasteiger partial charge in [-0.15, -0.1) is 0 Å². The Morgan fingerprint density at radius 2 is 1.17 bits per heavy atom. The van der Waals surface area contributed by atoms with Crippen LogP contribution in [0.15, 0.2) is 12.5 Å². The highest BCUT2D eigenvalue weighted by Crippen LogP contribution is 2.14. The number of imidazole rings is 1. The molecule has 1 rings (SSSR count). The maximum absolute atomic E-state index is 12.7. The van der Waals surface area contributed by atoms with Crippen LogP contribution in [-0.4, -0.2) is 135 Å². The van der Waals surface area contributed by atoms with E-state index in [1.807, 2.05) is 0 Å². The topological polar surface area (TPSA) is 250 Å². The SMILES string of the molecule is CCCCCCCCCCCCCCCCCC(=O)CCCOCCOCC(=O)NCCOCCOCC(=O)NCCCC[C@H](NCC(=O)[C@@H](N)Cc1cnc[nH]1)C(=O)CCC(=O)O. The van der Waals surface area contributed by atoms with E-state index in [4.69, 9.17) is 29.8 Å². The van der Waals surface area contributed by atoms with Crippen molar-refractivity contribution in [3.05, 3.63) is 18.2 Å². The van der Waals surface area contributed by atoms with Crippen molar-refractivity contribution in [3.63, 3.8) is 0 Å². The summed E-state index contributed by atoms with van der Waals surface area (Å²) in [4.78, 5) is 79.2. The molecule has 0 unspecified atom stereocenters. The Morgan fingerprint density at radius 3 is 1.75 bits per heavy atom. The van der Waals surface area contributed by atoms with Gasteiger partial charge < -0.3 is 50.7 Å². The van der Waals surface area contributed by atoms with E-state index in [0.717, 1.165) is 12.8 Å². The number of rotatable bonds is 48. The molecule has 17 nitrogen and oxygen atoms in total. The number of nitrogens with two attached hydrogens (primary N) is 1. The third-order valence-electron chi connectivity index (χ3n) is 10.7. The monoisotopic (exact) mass is 909 g/mol. The first-order valence-corrected chi connectivity index (χ1v) is 24.2. The number of unbranched alkanes of at least 4 members (excludes halogenated alkanes) is 15. The smallest absolute Gasteiger partial charge is 0.303 e. The van der Waals surface area contributed by atoms with Crippen LogP contribution in [0.25, 0.3) is 0 Å². The Bertz CT molecular complexity index is 1350. The number of ether oxygens (including phenoxy) is 4. The van der Waals surface area contributed by atoms with Crippen LogP contribution in [0.2, 0.25) is 0 Å². The van der Waals surface area contributed by atoms with Crippen LogP contribution >= 0.6 is 0 Å². The van der Waals surface area contributed by atoms with E-state index in [2.05, 4.69) is 32.8 Å². The molecule has 2 amide bonds. The number of carboxylic acid groups (broad SMARTS) is 1. The van der Waals surface area contributed by atoms with Crippen molar-refractivity contribution in [2.24, 2.45) is 5.73 Å². The second kappa shape index (κ2) is 42.1. The first-order valence-electron chi connectivity index (χ1n) is 24.2. The lowest BCUT2D eigenvalue weighted by atomic mass is 10.0. The van der Waals surface area contributed by atoms with Crippen LogP contribution in [-0.2, 0) is 54.1 Å². The fraction of sp³-hybridized carbons (Fsp3) is 0.809. The van der Waals surface area contributed by atoms with E-state index in [9.17, 15) is 28.8 Å². The molecule has 0 spiro atoms. The van der Waals surface area contributed by atoms with Crippen LogP contribution in [0.1, 0.15) is 160 Å². The molecule has 0 aromatic carbocycles. The molecule has 0 radical (unpaired) electrons. The van der Waals surface area contributed by atoms with Gasteiger partial charge in [0.2, 0.25) is 11.8 Å². The molecule has 1 heterocycles. The lowest BCUT2D eigenvalue weighted by Crippen LogP contribution is -2.45. The van der Waals surface area contributed by atoms with Gasteiger partial charge in [-0.2, -0.15) is 0 Å². The molecule has 0 aliphatic rings. The van der Waals surface area contributed by atoms with Crippen LogP contribution in [0.3, 0.4) is 0 Å². The minimum absolute atomic E-state index is 0.0915. The van der Waals surface area contributed by atoms with E-state index in [0.29, 0.717) is 76.3 Å². The summed E-state index contributed by atoms with van der Waals surface area (Å²) in [6.45, 7) is 4.35. The third kappa shape index (κ3) is 36.7. The minimum atomic E-state index is -1.08. The van der Waals surface area contributed by atoms with Crippen molar-refractivity contribution in [1.82, 2.24) is 25.9 Å². The molecule has 1 aromatic heterocycles. The van der Waals surface area contributed by atoms with Gasteiger partial charge in [-0.25, -0.2) is 4.98 Å². The van der Waals surface area contributed by atoms with Crippen molar-refractivity contribution >= 4 is 35.1 Å². The highest BCUT2D eigenvalue weighted by Gasteiger charge is 2.22. The molecule has 0 aliphatic heterocycles. The maximum Gasteiger partial charge on any atom is 0.303 e. The zero-order chi connectivity index (χ0) is 46.7. The maximum atomic E-state index is 12.7. The minimum Gasteiger partial charge on any atom is -0.481 e. The number of aliphatic carboxylic acids is 1. The van der Waals surface area contributed by atoms with Crippen LogP contribution < -0.4 is 21.7 Å². The molecule has 2 atom stereocenters. The Labute approximate surface area is 382 Å². The molecule has 1 aromatic rings. The van der Waals surface area contributed by atoms with Crippen LogP contribution in [0, 0.1) is 0 Å². The molecule has 64 heavy (non-hydrogen) atoms. The number of amides is 2. The number of carbonyl (C=O) groups excluding carboxylic acids is 5. The summed E-state index contributed by atoms with van der Waals surface area (Å²) in [5, 5.41) is 17.4. The van der Waals surface area contributed by atoms with E-state index < -0.39 is 18.1 Å². The molecule has 0 bridgehead atoms. The van der Waals surface area contributed by atoms with Gasteiger partial charge in [0, 0.05) is 57.3 Å². The van der Waals surface area contributed by atoms with Gasteiger partial charge in [0.15, 0.2) is 5.78 Å². The average Bonchev–Trinajstić information content (AvgIpc) is 3.79. The molecular weight excluding hydrogens is 825 g/mol. The summed E-state index contributed by atoms with van der Waals surface area (Å²) in [7, 11) is 0. The number of aromatic amines is 1. The Kier molecular flexibility index (Phi) is 38.4. The number of hydrogen-bond donors (Lipinski definition) is 6. The number of carbonyl (C=O) groups is 6. The molecule has 0 fully saturated rings. The Balaban J connectivity index is 1.93. The van der Waals surface area contributed by atoms with Gasteiger partial charge >= 0.3 is 5.97 Å². The molecule has 368 valence electrons. The Hall–Kier alpha value is -3.61. The second-order valence-electron chi connectivity index (χ2n) is 16.5. The first kappa shape index (κ1) is 58.4.